The summed E-state index contributed by atoms with van der Waals surface area (Å²) in [5.41, 5.74) is 1.49. The maximum atomic E-state index is 11.3. The van der Waals surface area contributed by atoms with E-state index in [0.29, 0.717) is 18.0 Å². The lowest BCUT2D eigenvalue weighted by Crippen LogP contribution is -2.41. The molecule has 0 radical (unpaired) electrons. The quantitative estimate of drug-likeness (QED) is 0.761. The Morgan fingerprint density at radius 1 is 1.45 bits per heavy atom. The Balaban J connectivity index is 1.63. The molecule has 1 aliphatic heterocycles. The molecule has 1 aromatic heterocycles. The molecule has 2 atom stereocenters. The molecule has 1 amide bonds. The van der Waals surface area contributed by atoms with Crippen molar-refractivity contribution in [1.82, 2.24) is 10.3 Å². The largest absolute Gasteiger partial charge is 0.480 e. The number of hydrogen-bond acceptors (Lipinski definition) is 5. The van der Waals surface area contributed by atoms with Gasteiger partial charge in [-0.15, -0.1) is 0 Å². The van der Waals surface area contributed by atoms with Crippen LogP contribution in [0, 0.1) is 0 Å². The highest BCUT2D eigenvalue weighted by Gasteiger charge is 2.23. The Kier molecular flexibility index (Phi) is 3.84. The van der Waals surface area contributed by atoms with Crippen molar-refractivity contribution in [1.29, 1.82) is 0 Å². The number of pyridine rings is 1. The monoisotopic (exact) mass is 277 g/mol. The summed E-state index contributed by atoms with van der Waals surface area (Å²) in [4.78, 5) is 15.6. The average molecular weight is 277 g/mol. The Bertz CT molecular complexity index is 506. The smallest absolute Gasteiger partial charge is 0.262 e. The molecule has 6 heteroatoms. The summed E-state index contributed by atoms with van der Waals surface area (Å²) in [5, 5.41) is 16.0. The minimum atomic E-state index is -0.274. The number of nitrogens with one attached hydrogen (secondary N) is 2. The van der Waals surface area contributed by atoms with Crippen LogP contribution in [0.1, 0.15) is 31.4 Å². The number of carbonyl (C=O) groups is 1. The van der Waals surface area contributed by atoms with Gasteiger partial charge in [-0.25, -0.2) is 0 Å². The lowest BCUT2D eigenvalue weighted by atomic mass is 9.92. The van der Waals surface area contributed by atoms with E-state index in [1.807, 2.05) is 6.07 Å². The van der Waals surface area contributed by atoms with Gasteiger partial charge in [0.1, 0.15) is 0 Å². The van der Waals surface area contributed by atoms with Crippen molar-refractivity contribution in [3.05, 3.63) is 18.0 Å². The first-order valence-electron chi connectivity index (χ1n) is 7.05. The molecule has 108 valence electrons. The number of ether oxygens (including phenoxy) is 1. The van der Waals surface area contributed by atoms with Crippen LogP contribution < -0.4 is 15.4 Å². The number of nitrogens with zero attached hydrogens (tertiary/aromatic N) is 1. The summed E-state index contributed by atoms with van der Waals surface area (Å²) in [7, 11) is 0. The van der Waals surface area contributed by atoms with Crippen molar-refractivity contribution in [2.45, 2.75) is 44.4 Å². The van der Waals surface area contributed by atoms with E-state index in [1.165, 1.54) is 0 Å². The van der Waals surface area contributed by atoms with E-state index in [0.717, 1.165) is 31.4 Å². The van der Waals surface area contributed by atoms with Gasteiger partial charge in [-0.3, -0.25) is 9.78 Å². The number of anilines is 1. The SMILES string of the molecule is O=C1COc2cnc(CN[C@@H]3CCCC[C@H]3O)cc2N1. The first-order valence-corrected chi connectivity index (χ1v) is 7.05. The van der Waals surface area contributed by atoms with E-state index in [4.69, 9.17) is 4.74 Å². The predicted molar refractivity (Wildman–Crippen MR) is 73.5 cm³/mol. The van der Waals surface area contributed by atoms with Crippen LogP contribution in [0.15, 0.2) is 12.3 Å². The number of rotatable bonds is 3. The van der Waals surface area contributed by atoms with Gasteiger partial charge in [0.25, 0.3) is 5.91 Å². The molecule has 6 nitrogen and oxygen atoms in total. The van der Waals surface area contributed by atoms with Crippen LogP contribution in [0.5, 0.6) is 5.75 Å². The molecule has 2 heterocycles. The Hall–Kier alpha value is -1.66. The zero-order chi connectivity index (χ0) is 13.9. The maximum absolute atomic E-state index is 11.3. The van der Waals surface area contributed by atoms with Gasteiger partial charge in [0.15, 0.2) is 12.4 Å². The van der Waals surface area contributed by atoms with Crippen LogP contribution >= 0.6 is 0 Å². The zero-order valence-corrected chi connectivity index (χ0v) is 11.3. The van der Waals surface area contributed by atoms with Crippen molar-refractivity contribution >= 4 is 11.6 Å². The van der Waals surface area contributed by atoms with Crippen LogP contribution in [0.2, 0.25) is 0 Å². The minimum absolute atomic E-state index is 0.0422. The van der Waals surface area contributed by atoms with E-state index < -0.39 is 0 Å². The molecular weight excluding hydrogens is 258 g/mol. The van der Waals surface area contributed by atoms with E-state index in [9.17, 15) is 9.90 Å². The standard InChI is InChI=1S/C14H19N3O3/c18-12-4-2-1-3-10(12)16-6-9-5-11-13(7-15-9)20-8-14(19)17-11/h5,7,10,12,16,18H,1-4,6,8H2,(H,17,19)/t10-,12-/m1/s1. The molecular formula is C14H19N3O3. The second kappa shape index (κ2) is 5.76. The number of aromatic nitrogens is 1. The van der Waals surface area contributed by atoms with Crippen LogP contribution in [-0.2, 0) is 11.3 Å². The number of aliphatic hydroxyl groups excluding tert-OH is 1. The van der Waals surface area contributed by atoms with Crippen molar-refractivity contribution < 1.29 is 14.6 Å². The van der Waals surface area contributed by atoms with Crippen molar-refractivity contribution in [3.8, 4) is 5.75 Å². The predicted octanol–water partition coefficient (Wildman–Crippen LogP) is 0.806. The molecule has 3 rings (SSSR count). The summed E-state index contributed by atoms with van der Waals surface area (Å²) in [6.07, 6.45) is 5.45. The number of aliphatic hydroxyl groups is 1. The van der Waals surface area contributed by atoms with E-state index in [1.54, 1.807) is 6.20 Å². The fourth-order valence-corrected chi connectivity index (χ4v) is 2.71. The second-order valence-electron chi connectivity index (χ2n) is 5.35. The summed E-state index contributed by atoms with van der Waals surface area (Å²) < 4.78 is 5.27. The Morgan fingerprint density at radius 3 is 3.15 bits per heavy atom. The molecule has 1 aliphatic carbocycles. The Morgan fingerprint density at radius 2 is 2.30 bits per heavy atom. The molecule has 20 heavy (non-hydrogen) atoms. The molecule has 0 aromatic carbocycles. The molecule has 0 unspecified atom stereocenters. The van der Waals surface area contributed by atoms with Crippen LogP contribution in [0.3, 0.4) is 0 Å². The summed E-state index contributed by atoms with van der Waals surface area (Å²) >= 11 is 0. The first kappa shape index (κ1) is 13.3. The first-order chi connectivity index (χ1) is 9.72. The van der Waals surface area contributed by atoms with E-state index in [2.05, 4.69) is 15.6 Å². The minimum Gasteiger partial charge on any atom is -0.480 e. The fraction of sp³-hybridized carbons (Fsp3) is 0.571. The Labute approximate surface area is 117 Å². The second-order valence-corrected chi connectivity index (χ2v) is 5.35. The lowest BCUT2D eigenvalue weighted by Gasteiger charge is -2.28. The van der Waals surface area contributed by atoms with Crippen LogP contribution in [-0.4, -0.2) is 34.8 Å². The van der Waals surface area contributed by atoms with E-state index >= 15 is 0 Å². The zero-order valence-electron chi connectivity index (χ0n) is 11.3. The molecule has 0 spiro atoms. The molecule has 1 fully saturated rings. The molecule has 3 N–H and O–H groups in total. The summed E-state index contributed by atoms with van der Waals surface area (Å²) in [5.74, 6) is 0.455. The third kappa shape index (κ3) is 2.91. The number of amides is 1. The van der Waals surface area contributed by atoms with Crippen LogP contribution in [0.25, 0.3) is 0 Å². The van der Waals surface area contributed by atoms with Gasteiger partial charge in [-0.2, -0.15) is 0 Å². The van der Waals surface area contributed by atoms with Gasteiger partial charge < -0.3 is 20.5 Å². The molecule has 0 saturated heterocycles. The maximum Gasteiger partial charge on any atom is 0.262 e. The third-order valence-electron chi connectivity index (χ3n) is 3.83. The van der Waals surface area contributed by atoms with Gasteiger partial charge in [-0.1, -0.05) is 12.8 Å². The number of hydrogen-bond donors (Lipinski definition) is 3. The van der Waals surface area contributed by atoms with Crippen molar-refractivity contribution in [2.24, 2.45) is 0 Å². The highest BCUT2D eigenvalue weighted by atomic mass is 16.5. The van der Waals surface area contributed by atoms with Crippen LogP contribution in [0.4, 0.5) is 5.69 Å². The van der Waals surface area contributed by atoms with E-state index in [-0.39, 0.29) is 24.7 Å². The fourth-order valence-electron chi connectivity index (χ4n) is 2.71. The number of carbonyl (C=O) groups excluding carboxylic acids is 1. The molecule has 1 saturated carbocycles. The highest BCUT2D eigenvalue weighted by molar-refractivity contribution is 5.95. The lowest BCUT2D eigenvalue weighted by molar-refractivity contribution is -0.118. The molecule has 0 bridgehead atoms. The number of fused-ring (bicyclic) bond motifs is 1. The van der Waals surface area contributed by atoms with Gasteiger partial charge >= 0.3 is 0 Å². The van der Waals surface area contributed by atoms with Crippen molar-refractivity contribution in [2.75, 3.05) is 11.9 Å². The molecule has 1 aromatic rings. The van der Waals surface area contributed by atoms with Gasteiger partial charge in [0, 0.05) is 12.6 Å². The normalized spacial score (nSPS) is 25.6. The summed E-state index contributed by atoms with van der Waals surface area (Å²) in [6.45, 7) is 0.616. The van der Waals surface area contributed by atoms with Crippen molar-refractivity contribution in [3.63, 3.8) is 0 Å². The van der Waals surface area contributed by atoms with Gasteiger partial charge in [0.2, 0.25) is 0 Å². The highest BCUT2D eigenvalue weighted by Crippen LogP contribution is 2.27. The summed E-state index contributed by atoms with van der Waals surface area (Å²) in [6, 6.07) is 1.95. The average Bonchev–Trinajstić information content (AvgIpc) is 2.46. The third-order valence-corrected chi connectivity index (χ3v) is 3.83. The van der Waals surface area contributed by atoms with Gasteiger partial charge in [-0.05, 0) is 18.9 Å². The topological polar surface area (TPSA) is 83.5 Å². The van der Waals surface area contributed by atoms with Gasteiger partial charge in [0.05, 0.1) is 23.7 Å². The molecule has 2 aliphatic rings.